The predicted octanol–water partition coefficient (Wildman–Crippen LogP) is 6.20. The normalized spacial score (nSPS) is 10.1. The van der Waals surface area contributed by atoms with Crippen LogP contribution in [-0.4, -0.2) is 13.2 Å². The van der Waals surface area contributed by atoms with Gasteiger partial charge in [0.1, 0.15) is 29.6 Å². The summed E-state index contributed by atoms with van der Waals surface area (Å²) in [6, 6.07) is 13.3. The van der Waals surface area contributed by atoms with E-state index in [1.807, 2.05) is 62.4 Å². The van der Waals surface area contributed by atoms with Crippen LogP contribution < -0.4 is 14.2 Å². The van der Waals surface area contributed by atoms with Crippen LogP contribution in [0.2, 0.25) is 0 Å². The van der Waals surface area contributed by atoms with Crippen LogP contribution in [0.25, 0.3) is 0 Å². The van der Waals surface area contributed by atoms with E-state index < -0.39 is 0 Å². The summed E-state index contributed by atoms with van der Waals surface area (Å²) in [4.78, 5) is 0. The van der Waals surface area contributed by atoms with Gasteiger partial charge < -0.3 is 14.2 Å². The van der Waals surface area contributed by atoms with Gasteiger partial charge in [0.2, 0.25) is 0 Å². The zero-order valence-corrected chi connectivity index (χ0v) is 16.2. The molecule has 0 saturated heterocycles. The second-order valence-corrected chi connectivity index (χ2v) is 7.51. The van der Waals surface area contributed by atoms with Gasteiger partial charge in [-0.1, -0.05) is 0 Å². The molecule has 0 aliphatic heterocycles. The lowest BCUT2D eigenvalue weighted by molar-refractivity contribution is 0.339. The van der Waals surface area contributed by atoms with Crippen molar-refractivity contribution in [2.75, 3.05) is 13.2 Å². The molecule has 122 valence electrons. The van der Waals surface area contributed by atoms with Crippen molar-refractivity contribution in [3.05, 3.63) is 57.5 Å². The third-order valence-corrected chi connectivity index (χ3v) is 3.64. The van der Waals surface area contributed by atoms with Crippen molar-refractivity contribution in [1.29, 1.82) is 0 Å². The molecule has 0 atom stereocenters. The van der Waals surface area contributed by atoms with Gasteiger partial charge in [0.05, 0.1) is 10.00 Å². The molecule has 0 aromatic heterocycles. The topological polar surface area (TPSA) is 27.7 Å². The Labute approximate surface area is 153 Å². The fourth-order valence-electron chi connectivity index (χ4n) is 1.95. The van der Waals surface area contributed by atoms with E-state index >= 15 is 0 Å². The van der Waals surface area contributed by atoms with E-state index in [2.05, 4.69) is 31.9 Å². The van der Waals surface area contributed by atoms with Crippen LogP contribution >= 0.6 is 31.9 Å². The number of hydrogen-bond acceptors (Lipinski definition) is 3. The Hall–Kier alpha value is -1.46. The highest BCUT2D eigenvalue weighted by molar-refractivity contribution is 9.28. The first kappa shape index (κ1) is 17.9. The summed E-state index contributed by atoms with van der Waals surface area (Å²) in [5, 5.41) is 0. The second kappa shape index (κ2) is 8.99. The minimum absolute atomic E-state index is 0.492. The summed E-state index contributed by atoms with van der Waals surface area (Å²) < 4.78 is 17.8. The molecule has 0 aliphatic carbocycles. The number of aryl methyl sites for hydroxylation is 1. The molecule has 0 amide bonds. The molecule has 0 spiro atoms. The maximum Gasteiger partial charge on any atom is 0.127 e. The van der Waals surface area contributed by atoms with Crippen LogP contribution in [0.1, 0.15) is 12.5 Å². The fourth-order valence-corrected chi connectivity index (χ4v) is 2.21. The van der Waals surface area contributed by atoms with Gasteiger partial charge in [-0.15, -0.1) is 0 Å². The molecule has 0 radical (unpaired) electrons. The molecule has 2 rings (SSSR count). The predicted molar refractivity (Wildman–Crippen MR) is 100 cm³/mol. The van der Waals surface area contributed by atoms with Gasteiger partial charge >= 0.3 is 0 Å². The standard InChI is InChI=1S/C18H18Br2O3/c1-3-21-14-4-6-15(7-5-14)23-16-8-9-17(13(2)12-16)22-11-10-18(19)20/h4-10,12H,3,11H2,1-2H3. The van der Waals surface area contributed by atoms with Gasteiger partial charge in [0.25, 0.3) is 0 Å². The van der Waals surface area contributed by atoms with E-state index in [0.29, 0.717) is 13.2 Å². The number of ether oxygens (including phenoxy) is 3. The second-order valence-electron chi connectivity index (χ2n) is 4.74. The highest BCUT2D eigenvalue weighted by atomic mass is 79.9. The maximum atomic E-state index is 5.85. The molecule has 0 unspecified atom stereocenters. The van der Waals surface area contributed by atoms with Crippen molar-refractivity contribution in [1.82, 2.24) is 0 Å². The zero-order valence-electron chi connectivity index (χ0n) is 13.0. The average molecular weight is 442 g/mol. The van der Waals surface area contributed by atoms with Gasteiger partial charge in [-0.2, -0.15) is 0 Å². The highest BCUT2D eigenvalue weighted by Gasteiger charge is 2.03. The Morgan fingerprint density at radius 1 is 0.957 bits per heavy atom. The Morgan fingerprint density at radius 3 is 2.22 bits per heavy atom. The molecule has 2 aromatic rings. The van der Waals surface area contributed by atoms with Gasteiger partial charge in [0, 0.05) is 0 Å². The third kappa shape index (κ3) is 5.92. The van der Waals surface area contributed by atoms with Crippen molar-refractivity contribution in [3.63, 3.8) is 0 Å². The molecule has 0 N–H and O–H groups in total. The van der Waals surface area contributed by atoms with E-state index in [0.717, 1.165) is 32.0 Å². The SMILES string of the molecule is CCOc1ccc(Oc2ccc(OCC=C(Br)Br)c(C)c2)cc1. The average Bonchev–Trinajstić information content (AvgIpc) is 2.51. The summed E-state index contributed by atoms with van der Waals surface area (Å²) >= 11 is 6.60. The summed E-state index contributed by atoms with van der Waals surface area (Å²) in [5.41, 5.74) is 1.02. The lowest BCUT2D eigenvalue weighted by atomic mass is 10.2. The quantitative estimate of drug-likeness (QED) is 0.512. The molecule has 3 nitrogen and oxygen atoms in total. The molecule has 0 heterocycles. The van der Waals surface area contributed by atoms with Gasteiger partial charge in [-0.3, -0.25) is 0 Å². The van der Waals surface area contributed by atoms with E-state index in [9.17, 15) is 0 Å². The molecule has 0 aliphatic rings. The Kier molecular flexibility index (Phi) is 6.99. The number of benzene rings is 2. The zero-order chi connectivity index (χ0) is 16.7. The molecule has 0 bridgehead atoms. The summed E-state index contributed by atoms with van der Waals surface area (Å²) in [6.07, 6.45) is 1.89. The minimum Gasteiger partial charge on any atom is -0.494 e. The first-order valence-corrected chi connectivity index (χ1v) is 8.82. The molecule has 0 saturated carbocycles. The van der Waals surface area contributed by atoms with E-state index in [1.54, 1.807) is 0 Å². The lowest BCUT2D eigenvalue weighted by Crippen LogP contribution is -1.96. The molecular weight excluding hydrogens is 424 g/mol. The Balaban J connectivity index is 2.00. The summed E-state index contributed by atoms with van der Waals surface area (Å²) in [5.74, 6) is 3.22. The van der Waals surface area contributed by atoms with Crippen molar-refractivity contribution in [2.24, 2.45) is 0 Å². The summed E-state index contributed by atoms with van der Waals surface area (Å²) in [7, 11) is 0. The van der Waals surface area contributed by atoms with Gasteiger partial charge in [0.15, 0.2) is 0 Å². The van der Waals surface area contributed by atoms with Gasteiger partial charge in [-0.05, 0) is 99.8 Å². The molecule has 23 heavy (non-hydrogen) atoms. The molecular formula is C18H18Br2O3. The Bertz CT molecular complexity index is 662. The van der Waals surface area contributed by atoms with Crippen molar-refractivity contribution >= 4 is 31.9 Å². The van der Waals surface area contributed by atoms with Crippen LogP contribution in [0.4, 0.5) is 0 Å². The third-order valence-electron chi connectivity index (χ3n) is 2.99. The number of rotatable bonds is 7. The van der Waals surface area contributed by atoms with E-state index in [-0.39, 0.29) is 0 Å². The monoisotopic (exact) mass is 440 g/mol. The molecule has 2 aromatic carbocycles. The van der Waals surface area contributed by atoms with Crippen molar-refractivity contribution in [2.45, 2.75) is 13.8 Å². The first-order valence-electron chi connectivity index (χ1n) is 7.24. The number of halogens is 2. The van der Waals surface area contributed by atoms with Crippen LogP contribution in [0, 0.1) is 6.92 Å². The van der Waals surface area contributed by atoms with Crippen LogP contribution in [0.15, 0.2) is 51.9 Å². The van der Waals surface area contributed by atoms with Crippen LogP contribution in [-0.2, 0) is 0 Å². The van der Waals surface area contributed by atoms with E-state index in [4.69, 9.17) is 14.2 Å². The maximum absolute atomic E-state index is 5.85. The first-order chi connectivity index (χ1) is 11.1. The Morgan fingerprint density at radius 2 is 1.61 bits per heavy atom. The lowest BCUT2D eigenvalue weighted by Gasteiger charge is -2.11. The van der Waals surface area contributed by atoms with Crippen LogP contribution in [0.3, 0.4) is 0 Å². The molecule has 5 heteroatoms. The minimum atomic E-state index is 0.492. The van der Waals surface area contributed by atoms with E-state index in [1.165, 1.54) is 0 Å². The van der Waals surface area contributed by atoms with Gasteiger partial charge in [-0.25, -0.2) is 0 Å². The largest absolute Gasteiger partial charge is 0.494 e. The van der Waals surface area contributed by atoms with Crippen molar-refractivity contribution in [3.8, 4) is 23.0 Å². The number of hydrogen-bond donors (Lipinski definition) is 0. The van der Waals surface area contributed by atoms with Crippen molar-refractivity contribution < 1.29 is 14.2 Å². The molecule has 0 fully saturated rings. The van der Waals surface area contributed by atoms with Crippen LogP contribution in [0.5, 0.6) is 23.0 Å². The summed E-state index contributed by atoms with van der Waals surface area (Å²) in [6.45, 7) is 5.10. The fraction of sp³-hybridized carbons (Fsp3) is 0.222. The smallest absolute Gasteiger partial charge is 0.127 e. The highest BCUT2D eigenvalue weighted by Crippen LogP contribution is 2.28.